The van der Waals surface area contributed by atoms with Gasteiger partial charge in [0, 0.05) is 25.1 Å². The summed E-state index contributed by atoms with van der Waals surface area (Å²) in [6.07, 6.45) is 1.89. The van der Waals surface area contributed by atoms with E-state index >= 15 is 0 Å². The zero-order valence-corrected chi connectivity index (χ0v) is 9.07. The molecule has 0 saturated heterocycles. The highest BCUT2D eigenvalue weighted by atomic mass is 16.6. The van der Waals surface area contributed by atoms with Gasteiger partial charge in [-0.15, -0.1) is 0 Å². The van der Waals surface area contributed by atoms with Crippen LogP contribution in [-0.2, 0) is 0 Å². The van der Waals surface area contributed by atoms with Crippen LogP contribution in [0.15, 0.2) is 23.0 Å². The topological polar surface area (TPSA) is 46.4 Å². The monoisotopic (exact) mass is 196 g/mol. The number of likely N-dealkylation sites (N-methyl/N-ethyl adjacent to an activating group) is 1. The summed E-state index contributed by atoms with van der Waals surface area (Å²) in [4.78, 5) is 12.6. The van der Waals surface area contributed by atoms with Gasteiger partial charge < -0.3 is 4.90 Å². The summed E-state index contributed by atoms with van der Waals surface area (Å²) in [5, 5.41) is 10.9. The lowest BCUT2D eigenvalue weighted by atomic mass is 10.00. The molecule has 0 aromatic carbocycles. The van der Waals surface area contributed by atoms with E-state index in [0.717, 1.165) is 17.8 Å². The van der Waals surface area contributed by atoms with E-state index in [2.05, 4.69) is 0 Å². The molecule has 0 amide bonds. The van der Waals surface area contributed by atoms with Crippen molar-refractivity contribution in [3.05, 3.63) is 33.2 Å². The van der Waals surface area contributed by atoms with Crippen molar-refractivity contribution in [1.82, 2.24) is 4.90 Å². The Labute approximate surface area is 84.1 Å². The fraction of sp³-hybridized carbons (Fsp3) is 0.600. The molecule has 1 heterocycles. The minimum atomic E-state index is -0.281. The molecule has 0 radical (unpaired) electrons. The standard InChI is InChI=1S/C10H16N2O2/c1-7(2)9-10(12(13)14)8(3)5-6-11(9)4/h5,7H,6H2,1-4H3. The summed E-state index contributed by atoms with van der Waals surface area (Å²) in [7, 11) is 1.89. The molecule has 0 saturated carbocycles. The molecule has 0 aliphatic carbocycles. The van der Waals surface area contributed by atoms with Crippen LogP contribution in [0.4, 0.5) is 0 Å². The quantitative estimate of drug-likeness (QED) is 0.501. The second kappa shape index (κ2) is 3.82. The first-order valence-electron chi connectivity index (χ1n) is 4.72. The molecule has 4 nitrogen and oxygen atoms in total. The summed E-state index contributed by atoms with van der Waals surface area (Å²) in [5.74, 6) is 0.184. The van der Waals surface area contributed by atoms with Gasteiger partial charge in [0.05, 0.1) is 10.6 Å². The predicted molar refractivity (Wildman–Crippen MR) is 55.2 cm³/mol. The third-order valence-electron chi connectivity index (χ3n) is 2.43. The van der Waals surface area contributed by atoms with Crippen LogP contribution >= 0.6 is 0 Å². The van der Waals surface area contributed by atoms with E-state index in [4.69, 9.17) is 0 Å². The Morgan fingerprint density at radius 1 is 1.57 bits per heavy atom. The molecule has 14 heavy (non-hydrogen) atoms. The highest BCUT2D eigenvalue weighted by Crippen LogP contribution is 2.27. The van der Waals surface area contributed by atoms with E-state index in [1.807, 2.05) is 31.9 Å². The van der Waals surface area contributed by atoms with Gasteiger partial charge in [0.15, 0.2) is 0 Å². The largest absolute Gasteiger partial charge is 0.368 e. The molecule has 0 aromatic rings. The number of rotatable bonds is 2. The summed E-state index contributed by atoms with van der Waals surface area (Å²) in [6.45, 7) is 6.52. The Morgan fingerprint density at radius 2 is 2.14 bits per heavy atom. The van der Waals surface area contributed by atoms with Crippen molar-refractivity contribution in [2.45, 2.75) is 20.8 Å². The van der Waals surface area contributed by atoms with Crippen molar-refractivity contribution in [3.63, 3.8) is 0 Å². The van der Waals surface area contributed by atoms with Crippen LogP contribution in [0, 0.1) is 16.0 Å². The van der Waals surface area contributed by atoms with E-state index in [1.165, 1.54) is 0 Å². The molecule has 0 atom stereocenters. The minimum absolute atomic E-state index is 0.184. The first-order chi connectivity index (χ1) is 6.45. The van der Waals surface area contributed by atoms with Crippen LogP contribution in [0.2, 0.25) is 0 Å². The molecule has 1 aliphatic rings. The first-order valence-corrected chi connectivity index (χ1v) is 4.72. The van der Waals surface area contributed by atoms with E-state index in [0.29, 0.717) is 0 Å². The van der Waals surface area contributed by atoms with Crippen LogP contribution < -0.4 is 0 Å². The molecule has 0 N–H and O–H groups in total. The number of hydrogen-bond donors (Lipinski definition) is 0. The maximum absolute atomic E-state index is 10.9. The second-order valence-corrected chi connectivity index (χ2v) is 3.91. The molecular weight excluding hydrogens is 180 g/mol. The smallest absolute Gasteiger partial charge is 0.291 e. The summed E-state index contributed by atoms with van der Waals surface area (Å²) in [5.41, 5.74) is 1.88. The lowest BCUT2D eigenvalue weighted by Crippen LogP contribution is -2.28. The van der Waals surface area contributed by atoms with Gasteiger partial charge >= 0.3 is 0 Å². The van der Waals surface area contributed by atoms with Gasteiger partial charge in [0.1, 0.15) is 0 Å². The summed E-state index contributed by atoms with van der Waals surface area (Å²) < 4.78 is 0. The molecule has 4 heteroatoms. The van der Waals surface area contributed by atoms with Gasteiger partial charge in [-0.05, 0) is 6.92 Å². The zero-order chi connectivity index (χ0) is 10.9. The number of nitro groups is 1. The van der Waals surface area contributed by atoms with Crippen molar-refractivity contribution < 1.29 is 4.92 Å². The lowest BCUT2D eigenvalue weighted by Gasteiger charge is -2.27. The van der Waals surface area contributed by atoms with Gasteiger partial charge in [0.25, 0.3) is 5.70 Å². The fourth-order valence-corrected chi connectivity index (χ4v) is 1.80. The van der Waals surface area contributed by atoms with Crippen LogP contribution in [0.1, 0.15) is 20.8 Å². The Morgan fingerprint density at radius 3 is 2.50 bits per heavy atom. The fourth-order valence-electron chi connectivity index (χ4n) is 1.80. The zero-order valence-electron chi connectivity index (χ0n) is 9.07. The normalized spacial score (nSPS) is 17.5. The Hall–Kier alpha value is -1.32. The Bertz CT molecular complexity index is 316. The number of hydrogen-bond acceptors (Lipinski definition) is 3. The van der Waals surface area contributed by atoms with Gasteiger partial charge in [-0.25, -0.2) is 0 Å². The average molecular weight is 196 g/mol. The van der Waals surface area contributed by atoms with Crippen LogP contribution in [0.5, 0.6) is 0 Å². The number of nitrogens with zero attached hydrogens (tertiary/aromatic N) is 2. The first kappa shape index (κ1) is 10.8. The molecule has 0 bridgehead atoms. The third-order valence-corrected chi connectivity index (χ3v) is 2.43. The van der Waals surface area contributed by atoms with Crippen molar-refractivity contribution in [3.8, 4) is 0 Å². The van der Waals surface area contributed by atoms with Crippen LogP contribution in [0.3, 0.4) is 0 Å². The average Bonchev–Trinajstić information content (AvgIpc) is 2.07. The molecular formula is C10H16N2O2. The van der Waals surface area contributed by atoms with Gasteiger partial charge in [-0.3, -0.25) is 10.1 Å². The Balaban J connectivity index is 3.25. The van der Waals surface area contributed by atoms with Gasteiger partial charge in [0.2, 0.25) is 0 Å². The molecule has 1 aliphatic heterocycles. The number of allylic oxidation sites excluding steroid dienone is 2. The van der Waals surface area contributed by atoms with Crippen molar-refractivity contribution in [1.29, 1.82) is 0 Å². The van der Waals surface area contributed by atoms with E-state index in [9.17, 15) is 10.1 Å². The summed E-state index contributed by atoms with van der Waals surface area (Å²) in [6, 6.07) is 0. The third kappa shape index (κ3) is 1.78. The van der Waals surface area contributed by atoms with Crippen LogP contribution in [-0.4, -0.2) is 23.4 Å². The van der Waals surface area contributed by atoms with E-state index < -0.39 is 0 Å². The molecule has 0 spiro atoms. The van der Waals surface area contributed by atoms with E-state index in [-0.39, 0.29) is 16.5 Å². The van der Waals surface area contributed by atoms with Crippen molar-refractivity contribution >= 4 is 0 Å². The maximum Gasteiger partial charge on any atom is 0.291 e. The van der Waals surface area contributed by atoms with Crippen LogP contribution in [0.25, 0.3) is 0 Å². The molecule has 0 aromatic heterocycles. The predicted octanol–water partition coefficient (Wildman–Crippen LogP) is 2.02. The highest BCUT2D eigenvalue weighted by Gasteiger charge is 2.28. The van der Waals surface area contributed by atoms with Gasteiger partial charge in [-0.1, -0.05) is 19.9 Å². The maximum atomic E-state index is 10.9. The van der Waals surface area contributed by atoms with E-state index in [1.54, 1.807) is 6.92 Å². The lowest BCUT2D eigenvalue weighted by molar-refractivity contribution is -0.423. The Kier molecular flexibility index (Phi) is 2.93. The molecule has 1 rings (SSSR count). The molecule has 0 fully saturated rings. The van der Waals surface area contributed by atoms with Crippen molar-refractivity contribution in [2.24, 2.45) is 5.92 Å². The molecule has 78 valence electrons. The highest BCUT2D eigenvalue weighted by molar-refractivity contribution is 5.32. The van der Waals surface area contributed by atoms with Gasteiger partial charge in [-0.2, -0.15) is 0 Å². The molecule has 0 unspecified atom stereocenters. The SMILES string of the molecule is CC1=CCN(C)C(C(C)C)=C1[N+](=O)[O-]. The van der Waals surface area contributed by atoms with Crippen molar-refractivity contribution in [2.75, 3.05) is 13.6 Å². The summed E-state index contributed by atoms with van der Waals surface area (Å²) >= 11 is 0. The second-order valence-electron chi connectivity index (χ2n) is 3.91. The minimum Gasteiger partial charge on any atom is -0.368 e.